The zero-order valence-electron chi connectivity index (χ0n) is 16.0. The predicted octanol–water partition coefficient (Wildman–Crippen LogP) is 3.57. The van der Waals surface area contributed by atoms with Gasteiger partial charge in [-0.1, -0.05) is 30.7 Å². The number of piperidine rings is 1. The van der Waals surface area contributed by atoms with Gasteiger partial charge in [-0.15, -0.1) is 10.2 Å². The van der Waals surface area contributed by atoms with Crippen LogP contribution in [-0.2, 0) is 13.0 Å². The molecule has 1 saturated heterocycles. The van der Waals surface area contributed by atoms with Crippen molar-refractivity contribution in [2.45, 2.75) is 51.0 Å². The third-order valence-electron chi connectivity index (χ3n) is 6.03. The van der Waals surface area contributed by atoms with Gasteiger partial charge in [0.1, 0.15) is 17.3 Å². The summed E-state index contributed by atoms with van der Waals surface area (Å²) in [6, 6.07) is 11.7. The summed E-state index contributed by atoms with van der Waals surface area (Å²) in [6.07, 6.45) is 6.71. The van der Waals surface area contributed by atoms with Crippen LogP contribution in [0.3, 0.4) is 0 Å². The van der Waals surface area contributed by atoms with Gasteiger partial charge in [0.05, 0.1) is 5.52 Å². The highest BCUT2D eigenvalue weighted by atomic mass is 16.2. The van der Waals surface area contributed by atoms with Crippen LogP contribution in [0, 0.1) is 0 Å². The molecule has 1 fully saturated rings. The maximum absolute atomic E-state index is 13.1. The zero-order valence-corrected chi connectivity index (χ0v) is 16.0. The van der Waals surface area contributed by atoms with E-state index in [1.165, 1.54) is 19.3 Å². The van der Waals surface area contributed by atoms with Crippen LogP contribution in [0.25, 0.3) is 10.9 Å². The number of carbonyl (C=O) groups excluding carboxylic acids is 1. The van der Waals surface area contributed by atoms with Crippen LogP contribution in [0.4, 0.5) is 0 Å². The number of aromatic nitrogens is 4. The molecule has 0 saturated carbocycles. The molecule has 1 atom stereocenters. The summed E-state index contributed by atoms with van der Waals surface area (Å²) in [5.74, 6) is 2.47. The lowest BCUT2D eigenvalue weighted by molar-refractivity contribution is 0.0697. The summed E-state index contributed by atoms with van der Waals surface area (Å²) in [5, 5.41) is 10.0. The van der Waals surface area contributed by atoms with Gasteiger partial charge in [0, 0.05) is 37.4 Å². The summed E-state index contributed by atoms with van der Waals surface area (Å²) in [6.45, 7) is 2.49. The van der Waals surface area contributed by atoms with Crippen molar-refractivity contribution in [3.05, 3.63) is 53.7 Å². The van der Waals surface area contributed by atoms with Gasteiger partial charge in [-0.25, -0.2) is 4.98 Å². The first-order chi connectivity index (χ1) is 13.8. The Morgan fingerprint density at radius 1 is 0.964 bits per heavy atom. The number of hydrogen-bond acceptors (Lipinski definition) is 4. The average Bonchev–Trinajstić information content (AvgIpc) is 3.01. The molecule has 2 aliphatic rings. The Bertz CT molecular complexity index is 1010. The first-order valence-corrected chi connectivity index (χ1v) is 10.4. The Morgan fingerprint density at radius 2 is 1.89 bits per heavy atom. The quantitative estimate of drug-likeness (QED) is 0.687. The first kappa shape index (κ1) is 17.3. The molecule has 1 amide bonds. The number of fused-ring (bicyclic) bond motifs is 2. The molecule has 0 radical (unpaired) electrons. The van der Waals surface area contributed by atoms with E-state index in [0.717, 1.165) is 54.9 Å². The van der Waals surface area contributed by atoms with E-state index in [1.807, 2.05) is 41.3 Å². The predicted molar refractivity (Wildman–Crippen MR) is 107 cm³/mol. The molecule has 0 bridgehead atoms. The lowest BCUT2D eigenvalue weighted by atomic mass is 9.96. The fourth-order valence-corrected chi connectivity index (χ4v) is 4.53. The second-order valence-electron chi connectivity index (χ2n) is 7.92. The molecule has 3 aromatic rings. The van der Waals surface area contributed by atoms with E-state index >= 15 is 0 Å². The largest absolute Gasteiger partial charge is 0.337 e. The molecule has 144 valence electrons. The molecule has 2 aromatic heterocycles. The summed E-state index contributed by atoms with van der Waals surface area (Å²) in [5.41, 5.74) is 1.39. The van der Waals surface area contributed by atoms with E-state index < -0.39 is 0 Å². The molecule has 4 heterocycles. The summed E-state index contributed by atoms with van der Waals surface area (Å²) in [4.78, 5) is 19.7. The molecule has 5 rings (SSSR count). The molecule has 28 heavy (non-hydrogen) atoms. The number of pyridine rings is 1. The van der Waals surface area contributed by atoms with Crippen LogP contribution in [0.5, 0.6) is 0 Å². The number of amides is 1. The van der Waals surface area contributed by atoms with Crippen molar-refractivity contribution >= 4 is 16.8 Å². The van der Waals surface area contributed by atoms with E-state index in [4.69, 9.17) is 0 Å². The zero-order chi connectivity index (χ0) is 18.9. The molecule has 1 aromatic carbocycles. The molecule has 6 heteroatoms. The van der Waals surface area contributed by atoms with Crippen LogP contribution in [0.15, 0.2) is 36.4 Å². The third-order valence-corrected chi connectivity index (χ3v) is 6.03. The van der Waals surface area contributed by atoms with E-state index in [-0.39, 0.29) is 11.8 Å². The smallest absolute Gasteiger partial charge is 0.272 e. The van der Waals surface area contributed by atoms with Crippen molar-refractivity contribution < 1.29 is 4.79 Å². The van der Waals surface area contributed by atoms with Gasteiger partial charge in [-0.2, -0.15) is 0 Å². The molecule has 1 unspecified atom stereocenters. The Labute approximate surface area is 164 Å². The van der Waals surface area contributed by atoms with E-state index in [1.54, 1.807) is 0 Å². The minimum absolute atomic E-state index is 0.0195. The standard InChI is InChI=1S/C22H25N5O/c28-22(19-12-11-16-7-3-4-9-18(16)23-19)26-13-6-8-17(15-26)21-25-24-20-10-2-1-5-14-27(20)21/h3-4,7,9,11-12,17H,1-2,5-6,8,10,13-15H2. The molecular weight excluding hydrogens is 350 g/mol. The number of rotatable bonds is 2. The van der Waals surface area contributed by atoms with Gasteiger partial charge in [-0.3, -0.25) is 4.79 Å². The summed E-state index contributed by atoms with van der Waals surface area (Å²) in [7, 11) is 0. The lowest BCUT2D eigenvalue weighted by Gasteiger charge is -2.32. The van der Waals surface area contributed by atoms with E-state index in [0.29, 0.717) is 12.2 Å². The number of likely N-dealkylation sites (tertiary alicyclic amines) is 1. The van der Waals surface area contributed by atoms with Crippen molar-refractivity contribution in [3.8, 4) is 0 Å². The second-order valence-corrected chi connectivity index (χ2v) is 7.92. The van der Waals surface area contributed by atoms with Crippen LogP contribution in [0.1, 0.15) is 60.2 Å². The molecule has 6 nitrogen and oxygen atoms in total. The molecule has 0 aliphatic carbocycles. The van der Waals surface area contributed by atoms with Crippen molar-refractivity contribution in [2.24, 2.45) is 0 Å². The van der Waals surface area contributed by atoms with Crippen LogP contribution in [0.2, 0.25) is 0 Å². The molecule has 0 N–H and O–H groups in total. The molecular formula is C22H25N5O. The Balaban J connectivity index is 1.38. The van der Waals surface area contributed by atoms with Gasteiger partial charge in [0.25, 0.3) is 5.91 Å². The Kier molecular flexibility index (Phi) is 4.55. The van der Waals surface area contributed by atoms with Gasteiger partial charge in [0.2, 0.25) is 0 Å². The maximum atomic E-state index is 13.1. The van der Waals surface area contributed by atoms with Crippen LogP contribution in [-0.4, -0.2) is 43.6 Å². The third kappa shape index (κ3) is 3.17. The number of aryl methyl sites for hydroxylation is 1. The van der Waals surface area contributed by atoms with E-state index in [2.05, 4.69) is 19.7 Å². The monoisotopic (exact) mass is 375 g/mol. The van der Waals surface area contributed by atoms with Crippen molar-refractivity contribution in [3.63, 3.8) is 0 Å². The second kappa shape index (κ2) is 7.34. The SMILES string of the molecule is O=C(c1ccc2ccccc2n1)N1CCCC(c2nnc3n2CCCCC3)C1. The van der Waals surface area contributed by atoms with Gasteiger partial charge >= 0.3 is 0 Å². The average molecular weight is 375 g/mol. The number of carbonyl (C=O) groups is 1. The normalized spacial score (nSPS) is 20.0. The van der Waals surface area contributed by atoms with Gasteiger partial charge < -0.3 is 9.47 Å². The van der Waals surface area contributed by atoms with Gasteiger partial charge in [0.15, 0.2) is 0 Å². The summed E-state index contributed by atoms with van der Waals surface area (Å²) < 4.78 is 2.32. The fraction of sp³-hybridized carbons (Fsp3) is 0.455. The number of hydrogen-bond donors (Lipinski definition) is 0. The highest BCUT2D eigenvalue weighted by molar-refractivity contribution is 5.95. The Hall–Kier alpha value is -2.76. The minimum Gasteiger partial charge on any atom is -0.337 e. The topological polar surface area (TPSA) is 63.9 Å². The number of benzene rings is 1. The Morgan fingerprint density at radius 3 is 2.86 bits per heavy atom. The van der Waals surface area contributed by atoms with Crippen molar-refractivity contribution in [1.29, 1.82) is 0 Å². The first-order valence-electron chi connectivity index (χ1n) is 10.4. The minimum atomic E-state index is 0.0195. The lowest BCUT2D eigenvalue weighted by Crippen LogP contribution is -2.40. The van der Waals surface area contributed by atoms with E-state index in [9.17, 15) is 4.79 Å². The van der Waals surface area contributed by atoms with Crippen molar-refractivity contribution in [2.75, 3.05) is 13.1 Å². The fourth-order valence-electron chi connectivity index (χ4n) is 4.53. The number of nitrogens with zero attached hydrogens (tertiary/aromatic N) is 5. The van der Waals surface area contributed by atoms with Gasteiger partial charge in [-0.05, 0) is 37.8 Å². The molecule has 2 aliphatic heterocycles. The number of para-hydroxylation sites is 1. The highest BCUT2D eigenvalue weighted by Crippen LogP contribution is 2.28. The highest BCUT2D eigenvalue weighted by Gasteiger charge is 2.30. The van der Waals surface area contributed by atoms with Crippen LogP contribution >= 0.6 is 0 Å². The molecule has 0 spiro atoms. The summed E-state index contributed by atoms with van der Waals surface area (Å²) >= 11 is 0. The van der Waals surface area contributed by atoms with Crippen molar-refractivity contribution in [1.82, 2.24) is 24.6 Å². The maximum Gasteiger partial charge on any atom is 0.272 e. The van der Waals surface area contributed by atoms with Crippen LogP contribution < -0.4 is 0 Å².